The molecule has 0 spiro atoms. The van der Waals surface area contributed by atoms with Crippen molar-refractivity contribution in [2.75, 3.05) is 25.0 Å². The topological polar surface area (TPSA) is 15.3 Å². The van der Waals surface area contributed by atoms with Gasteiger partial charge in [0, 0.05) is 10.5 Å². The number of nitrogens with zero attached hydrogens (tertiary/aromatic N) is 1. The van der Waals surface area contributed by atoms with Gasteiger partial charge < -0.3 is 10.2 Å². The van der Waals surface area contributed by atoms with Crippen LogP contribution in [0.4, 0.5) is 5.69 Å². The molecular formula is C16H23BrCl2N2. The summed E-state index contributed by atoms with van der Waals surface area (Å²) in [6, 6.07) is 4.14. The minimum absolute atomic E-state index is 0.380. The average molecular weight is 394 g/mol. The highest BCUT2D eigenvalue weighted by atomic mass is 79.9. The number of rotatable bonds is 5. The largest absolute Gasteiger partial charge is 0.380 e. The van der Waals surface area contributed by atoms with Crippen molar-refractivity contribution in [3.8, 4) is 0 Å². The number of hydrogen-bond donors (Lipinski definition) is 1. The predicted molar refractivity (Wildman–Crippen MR) is 96.7 cm³/mol. The third-order valence-electron chi connectivity index (χ3n) is 4.26. The molecule has 1 unspecified atom stereocenters. The van der Waals surface area contributed by atoms with Crippen LogP contribution in [0.3, 0.4) is 0 Å². The lowest BCUT2D eigenvalue weighted by molar-refractivity contribution is 0.176. The van der Waals surface area contributed by atoms with Gasteiger partial charge in [-0.3, -0.25) is 0 Å². The number of halogens is 3. The van der Waals surface area contributed by atoms with Crippen molar-refractivity contribution in [3.05, 3.63) is 26.7 Å². The van der Waals surface area contributed by atoms with Crippen LogP contribution in [0.1, 0.15) is 33.1 Å². The van der Waals surface area contributed by atoms with Crippen LogP contribution in [0.15, 0.2) is 16.6 Å². The lowest BCUT2D eigenvalue weighted by Crippen LogP contribution is -2.39. The molecular weight excluding hydrogens is 371 g/mol. The van der Waals surface area contributed by atoms with Gasteiger partial charge in [-0.25, -0.2) is 0 Å². The first-order chi connectivity index (χ1) is 10.0. The molecule has 1 aliphatic rings. The second-order valence-electron chi connectivity index (χ2n) is 5.86. The van der Waals surface area contributed by atoms with E-state index in [1.165, 1.54) is 38.9 Å². The number of anilines is 1. The fraction of sp³-hybridized carbons (Fsp3) is 0.625. The monoisotopic (exact) mass is 392 g/mol. The van der Waals surface area contributed by atoms with E-state index in [0.29, 0.717) is 22.0 Å². The standard InChI is InChI=1S/C16H23BrCl2N2/c1-3-6-21-7-4-12(5-8-21)11(2)20-16-14(18)9-13(17)10-15(16)19/h9-12,20H,3-8H2,1-2H3. The molecule has 5 heteroatoms. The molecule has 1 heterocycles. The molecule has 1 atom stereocenters. The fourth-order valence-corrected chi connectivity index (χ4v) is 4.34. The van der Waals surface area contributed by atoms with E-state index < -0.39 is 0 Å². The molecule has 0 aliphatic carbocycles. The van der Waals surface area contributed by atoms with Gasteiger partial charge >= 0.3 is 0 Å². The smallest absolute Gasteiger partial charge is 0.0721 e. The summed E-state index contributed by atoms with van der Waals surface area (Å²) in [5.41, 5.74) is 0.852. The number of likely N-dealkylation sites (tertiary alicyclic amines) is 1. The molecule has 1 aliphatic heterocycles. The third-order valence-corrected chi connectivity index (χ3v) is 5.31. The summed E-state index contributed by atoms with van der Waals surface area (Å²) in [5, 5.41) is 4.86. The SMILES string of the molecule is CCCN1CCC(C(C)Nc2c(Cl)cc(Br)cc2Cl)CC1. The Balaban J connectivity index is 1.95. The van der Waals surface area contributed by atoms with E-state index >= 15 is 0 Å². The van der Waals surface area contributed by atoms with Crippen LogP contribution in [0, 0.1) is 5.92 Å². The van der Waals surface area contributed by atoms with Crippen molar-refractivity contribution in [2.24, 2.45) is 5.92 Å². The van der Waals surface area contributed by atoms with Gasteiger partial charge in [0.1, 0.15) is 0 Å². The Bertz CT molecular complexity index is 450. The van der Waals surface area contributed by atoms with E-state index in [0.717, 1.165) is 10.2 Å². The zero-order valence-electron chi connectivity index (χ0n) is 12.6. The minimum atomic E-state index is 0.380. The number of hydrogen-bond acceptors (Lipinski definition) is 2. The first kappa shape index (κ1) is 17.4. The molecule has 0 radical (unpaired) electrons. The maximum Gasteiger partial charge on any atom is 0.0721 e. The first-order valence-corrected chi connectivity index (χ1v) is 9.19. The molecule has 0 amide bonds. The highest BCUT2D eigenvalue weighted by molar-refractivity contribution is 9.10. The maximum absolute atomic E-state index is 6.30. The number of nitrogens with one attached hydrogen (secondary N) is 1. The maximum atomic E-state index is 6.30. The zero-order chi connectivity index (χ0) is 15.4. The Labute approximate surface area is 146 Å². The van der Waals surface area contributed by atoms with Crippen LogP contribution in [0.2, 0.25) is 10.0 Å². The molecule has 1 aromatic rings. The molecule has 0 bridgehead atoms. The van der Waals surface area contributed by atoms with Crippen LogP contribution in [0.25, 0.3) is 0 Å². The Morgan fingerprint density at radius 1 is 1.29 bits per heavy atom. The van der Waals surface area contributed by atoms with Crippen LogP contribution in [-0.2, 0) is 0 Å². The van der Waals surface area contributed by atoms with Crippen molar-refractivity contribution >= 4 is 44.8 Å². The summed E-state index contributed by atoms with van der Waals surface area (Å²) < 4.78 is 0.906. The van der Waals surface area contributed by atoms with Crippen LogP contribution < -0.4 is 5.32 Å². The second-order valence-corrected chi connectivity index (χ2v) is 7.59. The Kier molecular flexibility index (Phi) is 6.67. The summed E-state index contributed by atoms with van der Waals surface area (Å²) >= 11 is 16.0. The van der Waals surface area contributed by atoms with Gasteiger partial charge in [0.15, 0.2) is 0 Å². The molecule has 118 valence electrons. The van der Waals surface area contributed by atoms with E-state index in [-0.39, 0.29) is 0 Å². The third kappa shape index (κ3) is 4.75. The fourth-order valence-electron chi connectivity index (χ4n) is 3.02. The summed E-state index contributed by atoms with van der Waals surface area (Å²) in [6.07, 6.45) is 3.71. The second kappa shape index (κ2) is 8.05. The zero-order valence-corrected chi connectivity index (χ0v) is 15.7. The molecule has 2 rings (SSSR count). The van der Waals surface area contributed by atoms with Gasteiger partial charge in [0.25, 0.3) is 0 Å². The molecule has 1 aromatic carbocycles. The lowest BCUT2D eigenvalue weighted by atomic mass is 9.90. The van der Waals surface area contributed by atoms with Gasteiger partial charge in [-0.15, -0.1) is 0 Å². The summed E-state index contributed by atoms with van der Waals surface area (Å²) in [7, 11) is 0. The quantitative estimate of drug-likeness (QED) is 0.692. The molecule has 0 saturated carbocycles. The Morgan fingerprint density at radius 2 is 1.86 bits per heavy atom. The van der Waals surface area contributed by atoms with E-state index in [9.17, 15) is 0 Å². The summed E-state index contributed by atoms with van der Waals surface area (Å²) in [5.74, 6) is 0.675. The average Bonchev–Trinajstić information content (AvgIpc) is 2.43. The molecule has 1 N–H and O–H groups in total. The van der Waals surface area contributed by atoms with Crippen LogP contribution in [-0.4, -0.2) is 30.6 Å². The van der Waals surface area contributed by atoms with E-state index in [1.807, 2.05) is 12.1 Å². The van der Waals surface area contributed by atoms with Gasteiger partial charge in [-0.05, 0) is 63.9 Å². The van der Waals surface area contributed by atoms with Crippen LogP contribution in [0.5, 0.6) is 0 Å². The van der Waals surface area contributed by atoms with Gasteiger partial charge in [-0.1, -0.05) is 46.1 Å². The van der Waals surface area contributed by atoms with Crippen molar-refractivity contribution < 1.29 is 0 Å². The van der Waals surface area contributed by atoms with Crippen LogP contribution >= 0.6 is 39.1 Å². The highest BCUT2D eigenvalue weighted by Gasteiger charge is 2.24. The summed E-state index contributed by atoms with van der Waals surface area (Å²) in [4.78, 5) is 2.56. The number of piperidine rings is 1. The molecule has 1 saturated heterocycles. The van der Waals surface area contributed by atoms with Crippen molar-refractivity contribution in [1.29, 1.82) is 0 Å². The van der Waals surface area contributed by atoms with Crippen molar-refractivity contribution in [2.45, 2.75) is 39.2 Å². The molecule has 1 fully saturated rings. The summed E-state index contributed by atoms with van der Waals surface area (Å²) in [6.45, 7) is 8.10. The van der Waals surface area contributed by atoms with E-state index in [1.54, 1.807) is 0 Å². The van der Waals surface area contributed by atoms with Crippen molar-refractivity contribution in [3.63, 3.8) is 0 Å². The number of benzene rings is 1. The molecule has 2 nitrogen and oxygen atoms in total. The Hall–Kier alpha value is 0.0400. The van der Waals surface area contributed by atoms with Gasteiger partial charge in [-0.2, -0.15) is 0 Å². The molecule has 21 heavy (non-hydrogen) atoms. The first-order valence-electron chi connectivity index (χ1n) is 7.64. The molecule has 0 aromatic heterocycles. The van der Waals surface area contributed by atoms with E-state index in [2.05, 4.69) is 40.0 Å². The highest BCUT2D eigenvalue weighted by Crippen LogP contribution is 2.35. The van der Waals surface area contributed by atoms with Gasteiger partial charge in [0.05, 0.1) is 15.7 Å². The van der Waals surface area contributed by atoms with Gasteiger partial charge in [0.2, 0.25) is 0 Å². The predicted octanol–water partition coefficient (Wildman–Crippen LogP) is 5.68. The van der Waals surface area contributed by atoms with E-state index in [4.69, 9.17) is 23.2 Å². The van der Waals surface area contributed by atoms with Crippen molar-refractivity contribution in [1.82, 2.24) is 4.90 Å². The Morgan fingerprint density at radius 3 is 2.38 bits per heavy atom. The minimum Gasteiger partial charge on any atom is -0.380 e. The lowest BCUT2D eigenvalue weighted by Gasteiger charge is -2.35. The normalized spacial score (nSPS) is 18.7.